The van der Waals surface area contributed by atoms with E-state index in [-0.39, 0.29) is 0 Å². The first-order chi connectivity index (χ1) is 16.8. The first-order valence-corrected chi connectivity index (χ1v) is 17.3. The summed E-state index contributed by atoms with van der Waals surface area (Å²) in [6, 6.07) is 0. The number of hydrogen-bond acceptors (Lipinski definition) is 9. The second kappa shape index (κ2) is 31.6. The first kappa shape index (κ1) is 34.5. The fourth-order valence-electron chi connectivity index (χ4n) is 2.33. The third kappa shape index (κ3) is 28.8. The Hall–Kier alpha value is 0.523. The molecule has 0 radical (unpaired) electrons. The van der Waals surface area contributed by atoms with Crippen LogP contribution in [0, 0.1) is 0 Å². The van der Waals surface area contributed by atoms with Gasteiger partial charge in [-0.3, -0.25) is 0 Å². The van der Waals surface area contributed by atoms with E-state index in [1.165, 1.54) is 0 Å². The van der Waals surface area contributed by atoms with Gasteiger partial charge in [0.1, 0.15) is 0 Å². The van der Waals surface area contributed by atoms with E-state index in [0.717, 1.165) is 58.3 Å². The van der Waals surface area contributed by atoms with E-state index in [4.69, 9.17) is 36.9 Å². The first-order valence-electron chi connectivity index (χ1n) is 13.0. The van der Waals surface area contributed by atoms with Crippen molar-refractivity contribution in [1.82, 2.24) is 0 Å². The molecule has 0 aliphatic rings. The van der Waals surface area contributed by atoms with E-state index < -0.39 is 23.1 Å². The van der Waals surface area contributed by atoms with Gasteiger partial charge in [-0.05, 0) is 0 Å². The average molecular weight is 693 g/mol. The minimum atomic E-state index is -2.99. The van der Waals surface area contributed by atoms with Gasteiger partial charge in [0.2, 0.25) is 0 Å². The van der Waals surface area contributed by atoms with Crippen LogP contribution in [0.5, 0.6) is 0 Å². The van der Waals surface area contributed by atoms with Gasteiger partial charge in [-0.25, -0.2) is 0 Å². The molecule has 0 bridgehead atoms. The van der Waals surface area contributed by atoms with Crippen molar-refractivity contribution in [3.05, 3.63) is 0 Å². The summed E-state index contributed by atoms with van der Waals surface area (Å²) in [5.74, 6) is 0. The van der Waals surface area contributed by atoms with Crippen LogP contribution >= 0.6 is 0 Å². The molecule has 0 fully saturated rings. The fraction of sp³-hybridized carbons (Fsp3) is 1.00. The van der Waals surface area contributed by atoms with Crippen LogP contribution in [0.25, 0.3) is 0 Å². The molecule has 10 heteroatoms. The molecule has 0 spiro atoms. The van der Waals surface area contributed by atoms with Crippen LogP contribution < -0.4 is 0 Å². The maximum atomic E-state index is 5.86. The zero-order valence-corrected chi connectivity index (χ0v) is 25.4. The van der Waals surface area contributed by atoms with Crippen molar-refractivity contribution in [2.45, 2.75) is 59.3 Å². The molecule has 0 rings (SSSR count). The van der Waals surface area contributed by atoms with Gasteiger partial charge in [0.15, 0.2) is 0 Å². The average Bonchev–Trinajstić information content (AvgIpc) is 2.85. The summed E-state index contributed by atoms with van der Waals surface area (Å²) in [5, 5.41) is 0. The van der Waals surface area contributed by atoms with Gasteiger partial charge in [0.05, 0.1) is 0 Å². The summed E-state index contributed by atoms with van der Waals surface area (Å²) in [6.07, 6.45) is 6.66. The molecule has 0 amide bonds. The van der Waals surface area contributed by atoms with Crippen LogP contribution in [0.1, 0.15) is 59.3 Å². The summed E-state index contributed by atoms with van der Waals surface area (Å²) >= 11 is -2.99. The van der Waals surface area contributed by atoms with E-state index in [9.17, 15) is 0 Å². The second-order valence-electron chi connectivity index (χ2n) is 7.46. The van der Waals surface area contributed by atoms with Crippen molar-refractivity contribution in [3.63, 3.8) is 0 Å². The molecule has 206 valence electrons. The molecule has 0 N–H and O–H groups in total. The molecular formula is C24H51BiO9. The number of ether oxygens (including phenoxy) is 6. The van der Waals surface area contributed by atoms with Crippen molar-refractivity contribution >= 4 is 23.1 Å². The van der Waals surface area contributed by atoms with Crippen molar-refractivity contribution in [1.29, 1.82) is 0 Å². The molecule has 0 saturated carbocycles. The van der Waals surface area contributed by atoms with Gasteiger partial charge in [-0.15, -0.1) is 0 Å². The Bertz CT molecular complexity index is 315. The van der Waals surface area contributed by atoms with E-state index in [0.29, 0.717) is 79.3 Å². The molecule has 0 aromatic carbocycles. The summed E-state index contributed by atoms with van der Waals surface area (Å²) in [4.78, 5) is 0. The van der Waals surface area contributed by atoms with Crippen LogP contribution in [0.2, 0.25) is 0 Å². The number of unbranched alkanes of at least 4 members (excludes halogenated alkanes) is 3. The Balaban J connectivity index is 3.85. The summed E-state index contributed by atoms with van der Waals surface area (Å²) < 4.78 is 50.7. The SMILES string of the molecule is CCCCOCCOCC[O][Bi]([O]CCOCCOCCCC)[O]CCOCCOCCCC. The van der Waals surface area contributed by atoms with Crippen molar-refractivity contribution in [2.24, 2.45) is 0 Å². The fourth-order valence-corrected chi connectivity index (χ4v) is 5.81. The molecule has 0 unspecified atom stereocenters. The van der Waals surface area contributed by atoms with E-state index in [1.807, 2.05) is 0 Å². The van der Waals surface area contributed by atoms with Gasteiger partial charge in [0, 0.05) is 0 Å². The molecule has 0 aromatic rings. The molecule has 0 atom stereocenters. The summed E-state index contributed by atoms with van der Waals surface area (Å²) in [6.45, 7) is 15.2. The minimum absolute atomic E-state index is 0.450. The quantitative estimate of drug-likeness (QED) is 0.0831. The molecule has 0 aliphatic heterocycles. The van der Waals surface area contributed by atoms with Gasteiger partial charge in [-0.2, -0.15) is 0 Å². The van der Waals surface area contributed by atoms with Crippen molar-refractivity contribution in [2.75, 3.05) is 99.1 Å². The van der Waals surface area contributed by atoms with Gasteiger partial charge < -0.3 is 0 Å². The van der Waals surface area contributed by atoms with Crippen LogP contribution in [0.4, 0.5) is 0 Å². The monoisotopic (exact) mass is 692 g/mol. The molecule has 0 heterocycles. The standard InChI is InChI=1S/3C8H17O3.Bi/c3*1-2-3-5-10-7-8-11-6-4-9;/h3*2-8H2,1H3;/q3*-1;+3. The van der Waals surface area contributed by atoms with E-state index in [2.05, 4.69) is 20.8 Å². The molecule has 34 heavy (non-hydrogen) atoms. The van der Waals surface area contributed by atoms with Crippen LogP contribution in [0.15, 0.2) is 0 Å². The zero-order chi connectivity index (χ0) is 24.8. The Morgan fingerprint density at radius 1 is 0.324 bits per heavy atom. The third-order valence-corrected chi connectivity index (χ3v) is 8.90. The second-order valence-corrected chi connectivity index (χ2v) is 12.2. The Labute approximate surface area is 217 Å². The van der Waals surface area contributed by atoms with E-state index >= 15 is 0 Å². The molecule has 0 saturated heterocycles. The normalized spacial score (nSPS) is 11.6. The molecular weight excluding hydrogens is 641 g/mol. The Morgan fingerprint density at radius 3 is 0.824 bits per heavy atom. The Morgan fingerprint density at radius 2 is 0.559 bits per heavy atom. The number of hydrogen-bond donors (Lipinski definition) is 0. The molecule has 9 nitrogen and oxygen atoms in total. The topological polar surface area (TPSA) is 83.1 Å². The summed E-state index contributed by atoms with van der Waals surface area (Å²) in [7, 11) is 0. The van der Waals surface area contributed by atoms with E-state index in [1.54, 1.807) is 0 Å². The molecule has 0 aromatic heterocycles. The predicted octanol–water partition coefficient (Wildman–Crippen LogP) is 3.52. The maximum absolute atomic E-state index is 5.86. The van der Waals surface area contributed by atoms with Gasteiger partial charge in [0.25, 0.3) is 0 Å². The summed E-state index contributed by atoms with van der Waals surface area (Å²) in [5.41, 5.74) is 0. The third-order valence-electron chi connectivity index (χ3n) is 4.32. The van der Waals surface area contributed by atoms with Crippen molar-refractivity contribution in [3.8, 4) is 0 Å². The van der Waals surface area contributed by atoms with Crippen LogP contribution in [-0.4, -0.2) is 122 Å². The number of rotatable bonds is 30. The molecule has 0 aliphatic carbocycles. The van der Waals surface area contributed by atoms with Gasteiger partial charge >= 0.3 is 218 Å². The zero-order valence-electron chi connectivity index (χ0n) is 22.0. The van der Waals surface area contributed by atoms with Crippen LogP contribution in [-0.2, 0) is 36.9 Å². The predicted molar refractivity (Wildman–Crippen MR) is 133 cm³/mol. The van der Waals surface area contributed by atoms with Crippen molar-refractivity contribution < 1.29 is 36.9 Å². The Kier molecular flexibility index (Phi) is 32.0. The van der Waals surface area contributed by atoms with Crippen LogP contribution in [0.3, 0.4) is 0 Å². The van der Waals surface area contributed by atoms with Gasteiger partial charge in [-0.1, -0.05) is 0 Å².